The number of nitrogens with zero attached hydrogens (tertiary/aromatic N) is 3. The standard InChI is InChI=1S/C19H26N4OS/c1-19(2)9-13(22-12-7-5-4-6-8-12)16-14(10-19)23-15-17(24-3)20-11-21-18(15)25-16/h11-12,23H,4-10H2,1-3H3. The van der Waals surface area contributed by atoms with Gasteiger partial charge in [-0.1, -0.05) is 44.9 Å². The minimum absolute atomic E-state index is 0.209. The van der Waals surface area contributed by atoms with E-state index in [-0.39, 0.29) is 5.41 Å². The maximum absolute atomic E-state index is 5.41. The summed E-state index contributed by atoms with van der Waals surface area (Å²) in [6.45, 7) is 4.65. The Morgan fingerprint density at radius 3 is 2.76 bits per heavy atom. The van der Waals surface area contributed by atoms with Crippen molar-refractivity contribution in [3.05, 3.63) is 16.9 Å². The van der Waals surface area contributed by atoms with Gasteiger partial charge < -0.3 is 10.1 Å². The summed E-state index contributed by atoms with van der Waals surface area (Å²) < 4.78 is 5.41. The number of rotatable bonds is 2. The molecule has 0 unspecified atom stereocenters. The number of anilines is 1. The van der Waals surface area contributed by atoms with Crippen LogP contribution in [0.25, 0.3) is 0 Å². The van der Waals surface area contributed by atoms with Gasteiger partial charge in [-0.15, -0.1) is 0 Å². The van der Waals surface area contributed by atoms with Crippen molar-refractivity contribution in [2.24, 2.45) is 10.4 Å². The van der Waals surface area contributed by atoms with Gasteiger partial charge in [0.1, 0.15) is 17.0 Å². The largest absolute Gasteiger partial charge is 0.479 e. The zero-order chi connectivity index (χ0) is 17.4. The van der Waals surface area contributed by atoms with E-state index < -0.39 is 0 Å². The van der Waals surface area contributed by atoms with Gasteiger partial charge in [0.15, 0.2) is 0 Å². The molecule has 134 valence electrons. The maximum atomic E-state index is 5.41. The molecule has 0 bridgehead atoms. The topological polar surface area (TPSA) is 59.4 Å². The molecule has 0 atom stereocenters. The third kappa shape index (κ3) is 3.41. The number of aliphatic imine (C=N–C) groups is 1. The minimum atomic E-state index is 0.209. The van der Waals surface area contributed by atoms with Gasteiger partial charge in [-0.3, -0.25) is 4.99 Å². The number of allylic oxidation sites excluding steroid dienone is 2. The van der Waals surface area contributed by atoms with Crippen molar-refractivity contribution in [1.82, 2.24) is 9.97 Å². The summed E-state index contributed by atoms with van der Waals surface area (Å²) in [5, 5.41) is 4.50. The molecule has 1 aromatic heterocycles. The first-order valence-corrected chi connectivity index (χ1v) is 10.0. The molecule has 0 radical (unpaired) electrons. The highest BCUT2D eigenvalue weighted by atomic mass is 32.2. The van der Waals surface area contributed by atoms with Crippen LogP contribution in [0.1, 0.15) is 58.8 Å². The lowest BCUT2D eigenvalue weighted by Gasteiger charge is -2.37. The molecule has 2 aliphatic carbocycles. The molecule has 0 aromatic carbocycles. The SMILES string of the molecule is COc1ncnc2c1NC1=C(S2)C(=NC2CCCCC2)CC(C)(C)C1. The lowest BCUT2D eigenvalue weighted by Crippen LogP contribution is -2.30. The molecule has 1 fully saturated rings. The Balaban J connectivity index is 1.71. The molecule has 1 aromatic rings. The Kier molecular flexibility index (Phi) is 4.48. The highest BCUT2D eigenvalue weighted by molar-refractivity contribution is 8.04. The van der Waals surface area contributed by atoms with E-state index in [0.29, 0.717) is 11.9 Å². The first kappa shape index (κ1) is 16.9. The lowest BCUT2D eigenvalue weighted by molar-refractivity contribution is 0.369. The number of ether oxygens (including phenoxy) is 1. The first-order valence-electron chi connectivity index (χ1n) is 9.20. The molecule has 2 heterocycles. The average molecular weight is 359 g/mol. The van der Waals surface area contributed by atoms with Crippen molar-refractivity contribution in [2.45, 2.75) is 69.9 Å². The van der Waals surface area contributed by atoms with E-state index in [1.165, 1.54) is 48.4 Å². The third-order valence-corrected chi connectivity index (χ3v) is 6.39. The van der Waals surface area contributed by atoms with Crippen LogP contribution in [0.15, 0.2) is 26.9 Å². The summed E-state index contributed by atoms with van der Waals surface area (Å²) >= 11 is 1.72. The van der Waals surface area contributed by atoms with Gasteiger partial charge >= 0.3 is 0 Å². The van der Waals surface area contributed by atoms with E-state index >= 15 is 0 Å². The zero-order valence-corrected chi connectivity index (χ0v) is 16.1. The van der Waals surface area contributed by atoms with E-state index in [9.17, 15) is 0 Å². The molecule has 6 heteroatoms. The molecule has 1 aliphatic heterocycles. The third-order valence-electron chi connectivity index (χ3n) is 5.20. The highest BCUT2D eigenvalue weighted by Crippen LogP contribution is 2.49. The predicted molar refractivity (Wildman–Crippen MR) is 102 cm³/mol. The van der Waals surface area contributed by atoms with Crippen LogP contribution in [0.2, 0.25) is 0 Å². The number of aromatic nitrogens is 2. The number of methoxy groups -OCH3 is 1. The van der Waals surface area contributed by atoms with Gasteiger partial charge in [-0.25, -0.2) is 4.98 Å². The lowest BCUT2D eigenvalue weighted by atomic mass is 9.78. The second kappa shape index (κ2) is 6.63. The van der Waals surface area contributed by atoms with Crippen molar-refractivity contribution in [3.8, 4) is 5.88 Å². The Morgan fingerprint density at radius 2 is 2.00 bits per heavy atom. The van der Waals surface area contributed by atoms with Gasteiger partial charge in [0, 0.05) is 5.70 Å². The van der Waals surface area contributed by atoms with Crippen LogP contribution in [0.5, 0.6) is 5.88 Å². The van der Waals surface area contributed by atoms with Gasteiger partial charge in [0.2, 0.25) is 5.88 Å². The molecular formula is C19H26N4OS. The monoisotopic (exact) mass is 358 g/mol. The van der Waals surface area contributed by atoms with E-state index in [2.05, 4.69) is 29.1 Å². The molecule has 5 nitrogen and oxygen atoms in total. The van der Waals surface area contributed by atoms with Gasteiger partial charge in [-0.2, -0.15) is 4.98 Å². The van der Waals surface area contributed by atoms with Crippen LogP contribution in [0, 0.1) is 5.41 Å². The maximum Gasteiger partial charge on any atom is 0.241 e. The molecule has 1 N–H and O–H groups in total. The summed E-state index contributed by atoms with van der Waals surface area (Å²) in [4.78, 5) is 15.2. The Bertz CT molecular complexity index is 735. The highest BCUT2D eigenvalue weighted by Gasteiger charge is 2.36. The van der Waals surface area contributed by atoms with Crippen molar-refractivity contribution in [2.75, 3.05) is 12.4 Å². The second-order valence-electron chi connectivity index (χ2n) is 7.98. The molecule has 0 amide bonds. The van der Waals surface area contributed by atoms with Crippen LogP contribution in [-0.4, -0.2) is 28.8 Å². The quantitative estimate of drug-likeness (QED) is 0.769. The number of nitrogens with one attached hydrogen (secondary N) is 1. The van der Waals surface area contributed by atoms with Crippen LogP contribution < -0.4 is 10.1 Å². The molecule has 3 aliphatic rings. The average Bonchev–Trinajstić information content (AvgIpc) is 2.60. The normalized spacial score (nSPS) is 24.5. The van der Waals surface area contributed by atoms with Crippen LogP contribution in [-0.2, 0) is 0 Å². The fourth-order valence-corrected chi connectivity index (χ4v) is 5.05. The Labute approximate surface area is 153 Å². The van der Waals surface area contributed by atoms with E-state index in [1.54, 1.807) is 25.2 Å². The fourth-order valence-electron chi connectivity index (χ4n) is 4.03. The zero-order valence-electron chi connectivity index (χ0n) is 15.3. The van der Waals surface area contributed by atoms with Crippen molar-refractivity contribution in [1.29, 1.82) is 0 Å². The van der Waals surface area contributed by atoms with Crippen molar-refractivity contribution < 1.29 is 4.74 Å². The minimum Gasteiger partial charge on any atom is -0.479 e. The van der Waals surface area contributed by atoms with Gasteiger partial charge in [0.05, 0.1) is 23.8 Å². The number of fused-ring (bicyclic) bond motifs is 1. The summed E-state index contributed by atoms with van der Waals surface area (Å²) in [5.41, 5.74) is 3.61. The van der Waals surface area contributed by atoms with Crippen LogP contribution in [0.4, 0.5) is 5.69 Å². The Hall–Kier alpha value is -1.56. The molecule has 0 saturated heterocycles. The van der Waals surface area contributed by atoms with Crippen molar-refractivity contribution in [3.63, 3.8) is 0 Å². The predicted octanol–water partition coefficient (Wildman–Crippen LogP) is 4.81. The first-order chi connectivity index (χ1) is 12.1. The van der Waals surface area contributed by atoms with E-state index in [0.717, 1.165) is 23.6 Å². The molecular weight excluding hydrogens is 332 g/mol. The molecule has 25 heavy (non-hydrogen) atoms. The molecule has 0 spiro atoms. The number of hydrogen-bond donors (Lipinski definition) is 1. The number of hydrogen-bond acceptors (Lipinski definition) is 6. The molecule has 1 saturated carbocycles. The second-order valence-corrected chi connectivity index (χ2v) is 8.98. The Morgan fingerprint density at radius 1 is 1.20 bits per heavy atom. The summed E-state index contributed by atoms with van der Waals surface area (Å²) in [5.74, 6) is 0.609. The van der Waals surface area contributed by atoms with E-state index in [4.69, 9.17) is 9.73 Å². The van der Waals surface area contributed by atoms with E-state index in [1.807, 2.05) is 0 Å². The van der Waals surface area contributed by atoms with Crippen molar-refractivity contribution >= 4 is 23.2 Å². The molecule has 4 rings (SSSR count). The van der Waals surface area contributed by atoms with Gasteiger partial charge in [-0.05, 0) is 31.1 Å². The summed E-state index contributed by atoms with van der Waals surface area (Å²) in [7, 11) is 1.65. The number of thioether (sulfide) groups is 1. The summed E-state index contributed by atoms with van der Waals surface area (Å²) in [6.07, 6.45) is 10.1. The van der Waals surface area contributed by atoms with Gasteiger partial charge in [0.25, 0.3) is 0 Å². The van der Waals surface area contributed by atoms with Crippen LogP contribution >= 0.6 is 11.8 Å². The smallest absolute Gasteiger partial charge is 0.241 e. The summed E-state index contributed by atoms with van der Waals surface area (Å²) in [6, 6.07) is 0.494. The van der Waals surface area contributed by atoms with Crippen LogP contribution in [0.3, 0.4) is 0 Å². The fraction of sp³-hybridized carbons (Fsp3) is 0.632.